The molecule has 0 radical (unpaired) electrons. The average molecular weight is 432 g/mol. The summed E-state index contributed by atoms with van der Waals surface area (Å²) in [6.45, 7) is 4.73. The molecule has 31 heavy (non-hydrogen) atoms. The lowest BCUT2D eigenvalue weighted by Crippen LogP contribution is -2.50. The molecule has 0 aromatic heterocycles. The first-order valence-electron chi connectivity index (χ1n) is 10.3. The zero-order valence-electron chi connectivity index (χ0n) is 17.2. The molecule has 156 valence electrons. The van der Waals surface area contributed by atoms with E-state index in [1.165, 1.54) is 0 Å². The van der Waals surface area contributed by atoms with Gasteiger partial charge < -0.3 is 14.5 Å². The van der Waals surface area contributed by atoms with E-state index >= 15 is 0 Å². The lowest BCUT2D eigenvalue weighted by molar-refractivity contribution is 0.0692. The Bertz CT molecular complexity index is 1170. The third kappa shape index (κ3) is 3.89. The molecule has 0 N–H and O–H groups in total. The Morgan fingerprint density at radius 1 is 0.935 bits per heavy atom. The molecule has 3 aromatic carbocycles. The van der Waals surface area contributed by atoms with E-state index in [4.69, 9.17) is 21.3 Å². The highest BCUT2D eigenvalue weighted by atomic mass is 35.5. The Labute approximate surface area is 186 Å². The molecule has 1 fully saturated rings. The maximum Gasteiger partial charge on any atom is 0.253 e. The van der Waals surface area contributed by atoms with Crippen molar-refractivity contribution in [1.29, 1.82) is 0 Å². The van der Waals surface area contributed by atoms with Gasteiger partial charge in [0.1, 0.15) is 17.3 Å². The molecule has 0 unspecified atom stereocenters. The number of halogens is 1. The molecule has 0 saturated carbocycles. The SMILES string of the molecule is Cc1ccc2c(c1)C(N1CCN(C(=O)c3ccc(Cl)cc3)CC1)=Nc1ccccc1O2. The maximum atomic E-state index is 12.9. The molecule has 5 rings (SSSR count). The molecule has 0 atom stereocenters. The maximum absolute atomic E-state index is 12.9. The van der Waals surface area contributed by atoms with Crippen LogP contribution in [0.1, 0.15) is 21.5 Å². The van der Waals surface area contributed by atoms with Gasteiger partial charge in [-0.05, 0) is 55.5 Å². The van der Waals surface area contributed by atoms with E-state index in [0.717, 1.165) is 34.1 Å². The average Bonchev–Trinajstić information content (AvgIpc) is 2.96. The highest BCUT2D eigenvalue weighted by molar-refractivity contribution is 6.30. The number of hydrogen-bond donors (Lipinski definition) is 0. The van der Waals surface area contributed by atoms with Gasteiger partial charge in [-0.15, -0.1) is 0 Å². The number of hydrogen-bond acceptors (Lipinski definition) is 4. The van der Waals surface area contributed by atoms with Crippen molar-refractivity contribution >= 4 is 29.0 Å². The highest BCUT2D eigenvalue weighted by Gasteiger charge is 2.28. The molecule has 6 heteroatoms. The Kier molecular flexibility index (Phi) is 5.12. The van der Waals surface area contributed by atoms with E-state index in [2.05, 4.69) is 17.9 Å². The zero-order chi connectivity index (χ0) is 21.4. The summed E-state index contributed by atoms with van der Waals surface area (Å²) in [4.78, 5) is 22.0. The van der Waals surface area contributed by atoms with Gasteiger partial charge in [-0.2, -0.15) is 0 Å². The fourth-order valence-electron chi connectivity index (χ4n) is 3.97. The fraction of sp³-hybridized carbons (Fsp3) is 0.200. The monoisotopic (exact) mass is 431 g/mol. The summed E-state index contributed by atoms with van der Waals surface area (Å²) in [6, 6.07) is 21.1. The number of fused-ring (bicyclic) bond motifs is 2. The molecule has 1 amide bonds. The number of piperazine rings is 1. The molecule has 0 spiro atoms. The molecule has 2 aliphatic rings. The van der Waals surface area contributed by atoms with E-state index in [1.807, 2.05) is 41.3 Å². The Morgan fingerprint density at radius 3 is 2.45 bits per heavy atom. The predicted molar refractivity (Wildman–Crippen MR) is 123 cm³/mol. The van der Waals surface area contributed by atoms with E-state index in [9.17, 15) is 4.79 Å². The Balaban J connectivity index is 1.41. The number of amides is 1. The fourth-order valence-corrected chi connectivity index (χ4v) is 4.10. The van der Waals surface area contributed by atoms with Crippen molar-refractivity contribution in [2.45, 2.75) is 6.92 Å². The van der Waals surface area contributed by atoms with Crippen LogP contribution in [0, 0.1) is 6.92 Å². The van der Waals surface area contributed by atoms with Crippen LogP contribution in [0.15, 0.2) is 71.7 Å². The predicted octanol–water partition coefficient (Wildman–Crippen LogP) is 5.29. The van der Waals surface area contributed by atoms with Crippen LogP contribution in [0.2, 0.25) is 5.02 Å². The van der Waals surface area contributed by atoms with Crippen molar-refractivity contribution in [2.75, 3.05) is 26.2 Å². The molecule has 2 heterocycles. The van der Waals surface area contributed by atoms with Gasteiger partial charge in [0.25, 0.3) is 5.91 Å². The van der Waals surface area contributed by atoms with Gasteiger partial charge in [-0.25, -0.2) is 4.99 Å². The second-order valence-corrected chi connectivity index (χ2v) is 8.23. The number of para-hydroxylation sites is 2. The zero-order valence-corrected chi connectivity index (χ0v) is 18.0. The second-order valence-electron chi connectivity index (χ2n) is 7.79. The van der Waals surface area contributed by atoms with E-state index < -0.39 is 0 Å². The van der Waals surface area contributed by atoms with Crippen LogP contribution < -0.4 is 4.74 Å². The topological polar surface area (TPSA) is 45.1 Å². The van der Waals surface area contributed by atoms with Gasteiger partial charge in [0.2, 0.25) is 0 Å². The van der Waals surface area contributed by atoms with Gasteiger partial charge in [0.05, 0.1) is 5.56 Å². The number of benzene rings is 3. The van der Waals surface area contributed by atoms with Crippen LogP contribution in [0.25, 0.3) is 0 Å². The number of nitrogens with zero attached hydrogens (tertiary/aromatic N) is 3. The second kappa shape index (κ2) is 8.08. The Morgan fingerprint density at radius 2 is 1.68 bits per heavy atom. The minimum absolute atomic E-state index is 0.0315. The first kappa shape index (κ1) is 19.6. The summed E-state index contributed by atoms with van der Waals surface area (Å²) in [5, 5.41) is 0.629. The smallest absolute Gasteiger partial charge is 0.253 e. The molecular weight excluding hydrogens is 410 g/mol. The number of carbonyl (C=O) groups is 1. The summed E-state index contributed by atoms with van der Waals surface area (Å²) >= 11 is 5.95. The molecular formula is C25H22ClN3O2. The molecule has 0 bridgehead atoms. The van der Waals surface area contributed by atoms with Crippen LogP contribution in [0.5, 0.6) is 11.5 Å². The number of aryl methyl sites for hydroxylation is 1. The van der Waals surface area contributed by atoms with Crippen LogP contribution in [0.3, 0.4) is 0 Å². The number of ether oxygens (including phenoxy) is 1. The summed E-state index contributed by atoms with van der Waals surface area (Å²) < 4.78 is 6.19. The number of rotatable bonds is 1. The first-order chi connectivity index (χ1) is 15.1. The van der Waals surface area contributed by atoms with Gasteiger partial charge in [-0.3, -0.25) is 4.79 Å². The van der Waals surface area contributed by atoms with E-state index in [-0.39, 0.29) is 5.91 Å². The molecule has 2 aliphatic heterocycles. The van der Waals surface area contributed by atoms with Crippen LogP contribution in [0.4, 0.5) is 5.69 Å². The minimum Gasteiger partial charge on any atom is -0.454 e. The number of carbonyl (C=O) groups excluding carboxylic acids is 1. The van der Waals surface area contributed by atoms with Crippen LogP contribution in [-0.4, -0.2) is 47.7 Å². The van der Waals surface area contributed by atoms with Crippen molar-refractivity contribution in [3.8, 4) is 11.5 Å². The summed E-state index contributed by atoms with van der Waals surface area (Å²) in [5.41, 5.74) is 3.60. The lowest BCUT2D eigenvalue weighted by Gasteiger charge is -2.36. The van der Waals surface area contributed by atoms with Gasteiger partial charge in [0, 0.05) is 36.8 Å². The standard InChI is InChI=1S/C25H22ClN3O2/c1-17-6-11-22-20(16-17)24(27-21-4-2-3-5-23(21)31-22)28-12-14-29(15-13-28)25(30)18-7-9-19(26)10-8-18/h2-11,16H,12-15H2,1H3. The van der Waals surface area contributed by atoms with Crippen LogP contribution in [-0.2, 0) is 0 Å². The number of aliphatic imine (C=N–C) groups is 1. The number of amidine groups is 1. The van der Waals surface area contributed by atoms with Gasteiger partial charge in [0.15, 0.2) is 5.75 Å². The third-order valence-electron chi connectivity index (χ3n) is 5.65. The minimum atomic E-state index is 0.0315. The molecule has 3 aromatic rings. The Hall–Kier alpha value is -3.31. The summed E-state index contributed by atoms with van der Waals surface area (Å²) in [7, 11) is 0. The van der Waals surface area contributed by atoms with Gasteiger partial charge >= 0.3 is 0 Å². The lowest BCUT2D eigenvalue weighted by atomic mass is 10.1. The van der Waals surface area contributed by atoms with Crippen molar-refractivity contribution in [2.24, 2.45) is 4.99 Å². The summed E-state index contributed by atoms with van der Waals surface area (Å²) in [5.74, 6) is 2.47. The normalized spacial score (nSPS) is 15.4. The van der Waals surface area contributed by atoms with E-state index in [0.29, 0.717) is 36.8 Å². The molecule has 0 aliphatic carbocycles. The van der Waals surface area contributed by atoms with Crippen molar-refractivity contribution in [3.05, 3.63) is 88.4 Å². The van der Waals surface area contributed by atoms with Crippen molar-refractivity contribution in [3.63, 3.8) is 0 Å². The van der Waals surface area contributed by atoms with Gasteiger partial charge in [-0.1, -0.05) is 35.4 Å². The molecule has 5 nitrogen and oxygen atoms in total. The molecule has 1 saturated heterocycles. The first-order valence-corrected chi connectivity index (χ1v) is 10.7. The quantitative estimate of drug-likeness (QED) is 0.525. The third-order valence-corrected chi connectivity index (χ3v) is 5.90. The largest absolute Gasteiger partial charge is 0.454 e. The van der Waals surface area contributed by atoms with E-state index in [1.54, 1.807) is 24.3 Å². The van der Waals surface area contributed by atoms with Crippen LogP contribution >= 0.6 is 11.6 Å². The van der Waals surface area contributed by atoms with Crippen molar-refractivity contribution in [1.82, 2.24) is 9.80 Å². The summed E-state index contributed by atoms with van der Waals surface area (Å²) in [6.07, 6.45) is 0. The van der Waals surface area contributed by atoms with Crippen molar-refractivity contribution < 1.29 is 9.53 Å². The highest BCUT2D eigenvalue weighted by Crippen LogP contribution is 2.38.